The highest BCUT2D eigenvalue weighted by Gasteiger charge is 2.22. The van der Waals surface area contributed by atoms with Crippen molar-refractivity contribution in [2.75, 3.05) is 19.0 Å². The monoisotopic (exact) mass is 323 g/mol. The zero-order valence-corrected chi connectivity index (χ0v) is 12.8. The lowest BCUT2D eigenvalue weighted by Gasteiger charge is -2.08. The van der Waals surface area contributed by atoms with Crippen molar-refractivity contribution in [3.8, 4) is 11.1 Å². The van der Waals surface area contributed by atoms with Gasteiger partial charge in [0.2, 0.25) is 0 Å². The first-order valence-electron chi connectivity index (χ1n) is 6.46. The second kappa shape index (κ2) is 7.04. The molecule has 0 atom stereocenters. The summed E-state index contributed by atoms with van der Waals surface area (Å²) in [5, 5.41) is 4.51. The summed E-state index contributed by atoms with van der Waals surface area (Å²) in [5.41, 5.74) is 1.44. The predicted molar refractivity (Wildman–Crippen MR) is 81.7 cm³/mol. The number of rotatable bonds is 4. The number of carbonyl (C=O) groups is 2. The van der Waals surface area contributed by atoms with E-state index in [4.69, 9.17) is 4.74 Å². The van der Waals surface area contributed by atoms with E-state index in [1.54, 1.807) is 24.4 Å². The average molecular weight is 323 g/mol. The van der Waals surface area contributed by atoms with Crippen molar-refractivity contribution >= 4 is 28.4 Å². The third kappa shape index (κ3) is 3.43. The second-order valence-corrected chi connectivity index (χ2v) is 5.08. The van der Waals surface area contributed by atoms with Crippen molar-refractivity contribution in [1.29, 1.82) is 0 Å². The summed E-state index contributed by atoms with van der Waals surface area (Å²) in [6, 6.07) is 5.72. The maximum Gasteiger partial charge on any atom is 0.411 e. The van der Waals surface area contributed by atoms with Crippen LogP contribution in [0.1, 0.15) is 17.3 Å². The zero-order valence-electron chi connectivity index (χ0n) is 12.0. The van der Waals surface area contributed by atoms with Gasteiger partial charge in [0.1, 0.15) is 16.4 Å². The number of methoxy groups -OCH3 is 1. The van der Waals surface area contributed by atoms with Gasteiger partial charge in [-0.3, -0.25) is 5.32 Å². The lowest BCUT2D eigenvalue weighted by Crippen LogP contribution is -2.14. The fourth-order valence-corrected chi connectivity index (χ4v) is 2.78. The molecule has 0 unspecified atom stereocenters. The topological polar surface area (TPSA) is 64.6 Å². The zero-order chi connectivity index (χ0) is 16.1. The Hall–Kier alpha value is -2.41. The number of thiophene rings is 1. The molecule has 1 aromatic carbocycles. The average Bonchev–Trinajstić information content (AvgIpc) is 2.91. The van der Waals surface area contributed by atoms with Crippen LogP contribution in [0.2, 0.25) is 0 Å². The van der Waals surface area contributed by atoms with Crippen LogP contribution in [0.4, 0.5) is 14.2 Å². The van der Waals surface area contributed by atoms with Gasteiger partial charge in [0.25, 0.3) is 0 Å². The predicted octanol–water partition coefficient (Wildman–Crippen LogP) is 3.91. The van der Waals surface area contributed by atoms with E-state index in [0.29, 0.717) is 16.1 Å². The van der Waals surface area contributed by atoms with E-state index >= 15 is 0 Å². The van der Waals surface area contributed by atoms with Crippen molar-refractivity contribution in [2.45, 2.75) is 6.92 Å². The first-order chi connectivity index (χ1) is 10.6. The molecule has 0 fully saturated rings. The summed E-state index contributed by atoms with van der Waals surface area (Å²) in [7, 11) is 1.23. The molecule has 2 aromatic rings. The van der Waals surface area contributed by atoms with Gasteiger partial charge in [-0.1, -0.05) is 12.1 Å². The van der Waals surface area contributed by atoms with Crippen molar-refractivity contribution < 1.29 is 23.5 Å². The second-order valence-electron chi connectivity index (χ2n) is 4.20. The maximum atomic E-state index is 13.0. The number of ether oxygens (including phenoxy) is 2. The van der Waals surface area contributed by atoms with E-state index in [9.17, 15) is 14.0 Å². The Morgan fingerprint density at radius 3 is 2.55 bits per heavy atom. The molecule has 0 aliphatic carbocycles. The minimum Gasteiger partial charge on any atom is -0.462 e. The highest BCUT2D eigenvalue weighted by Crippen LogP contribution is 2.36. The van der Waals surface area contributed by atoms with Gasteiger partial charge >= 0.3 is 12.1 Å². The largest absolute Gasteiger partial charge is 0.462 e. The van der Waals surface area contributed by atoms with Crippen LogP contribution in [0.3, 0.4) is 0 Å². The summed E-state index contributed by atoms with van der Waals surface area (Å²) in [5.74, 6) is -0.931. The summed E-state index contributed by atoms with van der Waals surface area (Å²) >= 11 is 1.17. The molecule has 0 spiro atoms. The van der Waals surface area contributed by atoms with Crippen LogP contribution < -0.4 is 5.32 Å². The third-order valence-electron chi connectivity index (χ3n) is 2.83. The summed E-state index contributed by atoms with van der Waals surface area (Å²) < 4.78 is 22.6. The number of amides is 1. The Balaban J connectivity index is 2.47. The molecule has 2 rings (SSSR count). The molecular formula is C15H14FNO4S. The van der Waals surface area contributed by atoms with Crippen molar-refractivity contribution in [3.63, 3.8) is 0 Å². The van der Waals surface area contributed by atoms with Crippen LogP contribution in [-0.2, 0) is 9.47 Å². The molecule has 0 saturated carbocycles. The first kappa shape index (κ1) is 16.0. The van der Waals surface area contributed by atoms with Crippen molar-refractivity contribution in [1.82, 2.24) is 0 Å². The number of carbonyl (C=O) groups excluding carboxylic acids is 2. The molecule has 0 aliphatic rings. The van der Waals surface area contributed by atoms with E-state index in [1.165, 1.54) is 30.6 Å². The van der Waals surface area contributed by atoms with Crippen molar-refractivity contribution in [2.24, 2.45) is 0 Å². The van der Waals surface area contributed by atoms with Gasteiger partial charge in [-0.25, -0.2) is 14.0 Å². The number of halogens is 1. The van der Waals surface area contributed by atoms with Gasteiger partial charge in [0.15, 0.2) is 0 Å². The van der Waals surface area contributed by atoms with Crippen molar-refractivity contribution in [3.05, 3.63) is 41.0 Å². The molecule has 1 N–H and O–H groups in total. The van der Waals surface area contributed by atoms with E-state index in [1.807, 2.05) is 0 Å². The van der Waals surface area contributed by atoms with Gasteiger partial charge in [0, 0.05) is 10.9 Å². The summed E-state index contributed by atoms with van der Waals surface area (Å²) in [6.07, 6.45) is -0.682. The van der Waals surface area contributed by atoms with Gasteiger partial charge in [-0.05, 0) is 24.6 Å². The molecule has 116 valence electrons. The third-order valence-corrected chi connectivity index (χ3v) is 3.72. The number of anilines is 1. The first-order valence-corrected chi connectivity index (χ1v) is 7.34. The number of nitrogens with one attached hydrogen (secondary N) is 1. The molecule has 1 amide bonds. The lowest BCUT2D eigenvalue weighted by molar-refractivity contribution is 0.0529. The fraction of sp³-hybridized carbons (Fsp3) is 0.200. The van der Waals surface area contributed by atoms with E-state index in [2.05, 4.69) is 10.1 Å². The fourth-order valence-electron chi connectivity index (χ4n) is 1.84. The Labute approximate surface area is 130 Å². The van der Waals surface area contributed by atoms with Crippen LogP contribution >= 0.6 is 11.3 Å². The maximum absolute atomic E-state index is 13.0. The molecule has 0 radical (unpaired) electrons. The lowest BCUT2D eigenvalue weighted by atomic mass is 10.0. The standard InChI is InChI=1S/C15H14FNO4S/c1-3-21-14(18)12-11(9-4-6-10(16)7-5-9)8-22-13(12)17-15(19)20-2/h4-8H,3H2,1-2H3,(H,17,19). The molecular weight excluding hydrogens is 309 g/mol. The highest BCUT2D eigenvalue weighted by atomic mass is 32.1. The molecule has 1 aromatic heterocycles. The summed E-state index contributed by atoms with van der Waals surface area (Å²) in [6.45, 7) is 1.89. The SMILES string of the molecule is CCOC(=O)c1c(-c2ccc(F)cc2)csc1NC(=O)OC. The Morgan fingerprint density at radius 1 is 1.27 bits per heavy atom. The van der Waals surface area contributed by atoms with Crippen LogP contribution in [0.5, 0.6) is 0 Å². The number of hydrogen-bond acceptors (Lipinski definition) is 5. The minimum absolute atomic E-state index is 0.204. The van der Waals surface area contributed by atoms with E-state index < -0.39 is 12.1 Å². The Bertz CT molecular complexity index is 681. The molecule has 0 saturated heterocycles. The van der Waals surface area contributed by atoms with E-state index in [0.717, 1.165) is 0 Å². The number of hydrogen-bond donors (Lipinski definition) is 1. The Kier molecular flexibility index (Phi) is 5.11. The smallest absolute Gasteiger partial charge is 0.411 e. The highest BCUT2D eigenvalue weighted by molar-refractivity contribution is 7.15. The molecule has 0 bridgehead atoms. The molecule has 1 heterocycles. The molecule has 7 heteroatoms. The summed E-state index contributed by atoms with van der Waals surface area (Å²) in [4.78, 5) is 23.6. The minimum atomic E-state index is -0.682. The Morgan fingerprint density at radius 2 is 1.95 bits per heavy atom. The quantitative estimate of drug-likeness (QED) is 0.867. The van der Waals surface area contributed by atoms with Gasteiger partial charge < -0.3 is 9.47 Å². The van der Waals surface area contributed by atoms with Crippen LogP contribution in [0.15, 0.2) is 29.6 Å². The molecule has 5 nitrogen and oxygen atoms in total. The van der Waals surface area contributed by atoms with Gasteiger partial charge in [-0.15, -0.1) is 11.3 Å². The van der Waals surface area contributed by atoms with Crippen LogP contribution in [0.25, 0.3) is 11.1 Å². The number of benzene rings is 1. The van der Waals surface area contributed by atoms with Crippen LogP contribution in [0, 0.1) is 5.82 Å². The van der Waals surface area contributed by atoms with Gasteiger partial charge in [-0.2, -0.15) is 0 Å². The van der Waals surface area contributed by atoms with Crippen LogP contribution in [-0.4, -0.2) is 25.8 Å². The van der Waals surface area contributed by atoms with E-state index in [-0.39, 0.29) is 18.0 Å². The normalized spacial score (nSPS) is 10.1. The molecule has 22 heavy (non-hydrogen) atoms. The molecule has 0 aliphatic heterocycles. The number of esters is 1. The van der Waals surface area contributed by atoms with Gasteiger partial charge in [0.05, 0.1) is 13.7 Å².